The second-order valence-corrected chi connectivity index (χ2v) is 16.0. The van der Waals surface area contributed by atoms with Crippen LogP contribution in [0.3, 0.4) is 0 Å². The summed E-state index contributed by atoms with van der Waals surface area (Å²) in [6, 6.07) is 2.12. The lowest BCUT2D eigenvalue weighted by atomic mass is 9.60. The summed E-state index contributed by atoms with van der Waals surface area (Å²) in [5.74, 6) is 1.63. The van der Waals surface area contributed by atoms with Crippen molar-refractivity contribution in [2.24, 2.45) is 11.3 Å². The monoisotopic (exact) mass is 651 g/mol. The zero-order valence-electron chi connectivity index (χ0n) is 26.5. The minimum atomic E-state index is -0.101. The third-order valence-corrected chi connectivity index (χ3v) is 12.3. The molecule has 1 atom stereocenters. The van der Waals surface area contributed by atoms with Gasteiger partial charge in [0.1, 0.15) is 0 Å². The summed E-state index contributed by atoms with van der Waals surface area (Å²) in [5.41, 5.74) is 4.12. The highest BCUT2D eigenvalue weighted by Crippen LogP contribution is 2.56. The number of fused-ring (bicyclic) bond motifs is 1. The van der Waals surface area contributed by atoms with E-state index in [9.17, 15) is 4.79 Å². The van der Waals surface area contributed by atoms with E-state index in [0.717, 1.165) is 105 Å². The molecule has 0 bridgehead atoms. The molecule has 1 saturated carbocycles. The number of rotatable bonds is 6. The zero-order chi connectivity index (χ0) is 31.3. The largest absolute Gasteiger partial charge is 0.372 e. The van der Waals surface area contributed by atoms with E-state index in [1.165, 1.54) is 18.9 Å². The van der Waals surface area contributed by atoms with E-state index in [-0.39, 0.29) is 28.5 Å². The highest BCUT2D eigenvalue weighted by molar-refractivity contribution is 6.45. The minimum absolute atomic E-state index is 0.0229. The van der Waals surface area contributed by atoms with Crippen molar-refractivity contribution in [1.82, 2.24) is 29.8 Å². The molecule has 6 heterocycles. The average Bonchev–Trinajstić information content (AvgIpc) is 3.67. The molecule has 8 rings (SSSR count). The fourth-order valence-corrected chi connectivity index (χ4v) is 9.84. The number of amides is 1. The number of anilines is 1. The van der Waals surface area contributed by atoms with E-state index >= 15 is 0 Å². The Hall–Kier alpha value is -2.59. The Bertz CT molecular complexity index is 1670. The number of nitrogens with zero attached hydrogens (tertiary/aromatic N) is 6. The van der Waals surface area contributed by atoms with Gasteiger partial charge in [-0.15, -0.1) is 0 Å². The van der Waals surface area contributed by atoms with Crippen molar-refractivity contribution >= 4 is 45.8 Å². The molecule has 1 aromatic carbocycles. The van der Waals surface area contributed by atoms with Crippen LogP contribution >= 0.6 is 23.2 Å². The highest BCUT2D eigenvalue weighted by atomic mass is 35.5. The number of aromatic amines is 1. The first-order chi connectivity index (χ1) is 21.5. The van der Waals surface area contributed by atoms with Crippen LogP contribution in [0.15, 0.2) is 24.9 Å². The predicted molar refractivity (Wildman–Crippen MR) is 178 cm³/mol. The van der Waals surface area contributed by atoms with Gasteiger partial charge < -0.3 is 14.5 Å². The molecular weight excluding hydrogens is 609 g/mol. The lowest BCUT2D eigenvalue weighted by molar-refractivity contribution is -0.149. The number of carbonyl (C=O) groups excluding carboxylic acids is 1. The lowest BCUT2D eigenvalue weighted by Crippen LogP contribution is -2.63. The molecule has 1 amide bonds. The Morgan fingerprint density at radius 2 is 1.96 bits per heavy atom. The number of piperidine rings is 1. The molecule has 2 spiro atoms. The van der Waals surface area contributed by atoms with Crippen molar-refractivity contribution in [1.29, 1.82) is 0 Å². The molecule has 1 aliphatic carbocycles. The second kappa shape index (κ2) is 10.5. The number of hydrogen-bond donors (Lipinski definition) is 1. The van der Waals surface area contributed by atoms with Crippen molar-refractivity contribution < 1.29 is 9.53 Å². The van der Waals surface area contributed by atoms with Gasteiger partial charge in [0.25, 0.3) is 0 Å². The molecule has 4 aliphatic heterocycles. The number of aromatic nitrogens is 4. The quantitative estimate of drug-likeness (QED) is 0.317. The molecule has 4 saturated heterocycles. The van der Waals surface area contributed by atoms with Gasteiger partial charge in [-0.3, -0.25) is 19.5 Å². The minimum Gasteiger partial charge on any atom is -0.372 e. The Morgan fingerprint density at radius 1 is 1.18 bits per heavy atom. The Balaban J connectivity index is 1.10. The van der Waals surface area contributed by atoms with E-state index in [1.54, 1.807) is 0 Å². The molecule has 1 N–H and O–H groups in total. The summed E-state index contributed by atoms with van der Waals surface area (Å²) in [5, 5.41) is 14.9. The number of halogens is 2. The maximum absolute atomic E-state index is 12.1. The molecule has 0 radical (unpaired) electrons. The molecule has 9 nitrogen and oxygen atoms in total. The predicted octanol–water partition coefficient (Wildman–Crippen LogP) is 6.25. The number of benzene rings is 1. The van der Waals surface area contributed by atoms with Gasteiger partial charge in [0.2, 0.25) is 5.91 Å². The van der Waals surface area contributed by atoms with Crippen molar-refractivity contribution in [3.05, 3.63) is 40.7 Å². The molecule has 3 aromatic rings. The standard InChI is InChI=1S/C34H43Cl2N7O2/c1-5-27(44)41-17-33(18-41)13-23(14-33)43-21(2)28(29-24-15-37-38-26(24)11-25(35)30(29)36)31(39-43)42-9-7-22(12-32(42,3)4)16-40-19-34(20-40)8-6-10-45-34/h5,11,15,22-23H,1,6-10,12-14,16-20H2,2-4H3,(H,37,38)/t22-/m1/s1. The van der Waals surface area contributed by atoms with E-state index in [2.05, 4.69) is 52.0 Å². The van der Waals surface area contributed by atoms with Gasteiger partial charge in [0.15, 0.2) is 5.82 Å². The van der Waals surface area contributed by atoms with Crippen molar-refractivity contribution in [3.63, 3.8) is 0 Å². The van der Waals surface area contributed by atoms with Crippen LogP contribution in [-0.4, -0.2) is 92.7 Å². The normalized spacial score (nSPS) is 25.5. The van der Waals surface area contributed by atoms with Gasteiger partial charge in [0, 0.05) is 79.0 Å². The van der Waals surface area contributed by atoms with Gasteiger partial charge in [-0.25, -0.2) is 0 Å². The Labute approximate surface area is 274 Å². The first-order valence-electron chi connectivity index (χ1n) is 16.5. The van der Waals surface area contributed by atoms with Gasteiger partial charge in [-0.05, 0) is 77.4 Å². The summed E-state index contributed by atoms with van der Waals surface area (Å²) in [4.78, 5) is 19.1. The fraction of sp³-hybridized carbons (Fsp3) is 0.618. The molecule has 5 fully saturated rings. The summed E-state index contributed by atoms with van der Waals surface area (Å²) >= 11 is 13.8. The highest BCUT2D eigenvalue weighted by Gasteiger charge is 2.55. The summed E-state index contributed by atoms with van der Waals surface area (Å²) in [6.07, 6.45) is 9.89. The van der Waals surface area contributed by atoms with E-state index in [0.29, 0.717) is 16.0 Å². The van der Waals surface area contributed by atoms with Gasteiger partial charge in [-0.1, -0.05) is 29.8 Å². The first kappa shape index (κ1) is 29.8. The SMILES string of the molecule is C=CC(=O)N1CC2(CC(n3nc(N4CC[C@@H](CN5CC6(CCCO6)C5)CC4(C)C)c(-c4c(Cl)c(Cl)cc5[nH]ncc45)c3C)C2)C1. The maximum Gasteiger partial charge on any atom is 0.245 e. The summed E-state index contributed by atoms with van der Waals surface area (Å²) in [6.45, 7) is 17.3. The van der Waals surface area contributed by atoms with Crippen LogP contribution in [0.25, 0.3) is 22.0 Å². The van der Waals surface area contributed by atoms with Crippen molar-refractivity contribution in [2.75, 3.05) is 50.8 Å². The molecule has 2 aromatic heterocycles. The second-order valence-electron chi connectivity index (χ2n) is 15.2. The Kier molecular flexibility index (Phi) is 6.92. The summed E-state index contributed by atoms with van der Waals surface area (Å²) in [7, 11) is 0. The smallest absolute Gasteiger partial charge is 0.245 e. The lowest BCUT2D eigenvalue weighted by Gasteiger charge is -2.58. The van der Waals surface area contributed by atoms with Crippen LogP contribution in [0.5, 0.6) is 0 Å². The third kappa shape index (κ3) is 4.75. The summed E-state index contributed by atoms with van der Waals surface area (Å²) < 4.78 is 8.33. The molecule has 0 unspecified atom stereocenters. The average molecular weight is 653 g/mol. The van der Waals surface area contributed by atoms with Crippen LogP contribution in [0.2, 0.25) is 10.0 Å². The van der Waals surface area contributed by atoms with Gasteiger partial charge >= 0.3 is 0 Å². The van der Waals surface area contributed by atoms with Gasteiger partial charge in [0.05, 0.1) is 33.4 Å². The van der Waals surface area contributed by atoms with Crippen molar-refractivity contribution in [3.8, 4) is 11.1 Å². The molecule has 5 aliphatic rings. The number of hydrogen-bond acceptors (Lipinski definition) is 6. The fourth-order valence-electron chi connectivity index (χ4n) is 9.39. The molecule has 240 valence electrons. The topological polar surface area (TPSA) is 82.5 Å². The maximum atomic E-state index is 12.1. The number of ether oxygens (including phenoxy) is 1. The number of H-pyrrole nitrogens is 1. The van der Waals surface area contributed by atoms with Crippen LogP contribution < -0.4 is 4.90 Å². The van der Waals surface area contributed by atoms with E-state index in [1.807, 2.05) is 17.2 Å². The molecule has 45 heavy (non-hydrogen) atoms. The van der Waals surface area contributed by atoms with Crippen LogP contribution in [-0.2, 0) is 9.53 Å². The van der Waals surface area contributed by atoms with E-state index < -0.39 is 0 Å². The van der Waals surface area contributed by atoms with Crippen molar-refractivity contribution in [2.45, 2.75) is 76.5 Å². The Morgan fingerprint density at radius 3 is 2.64 bits per heavy atom. The van der Waals surface area contributed by atoms with Crippen LogP contribution in [0, 0.1) is 18.3 Å². The third-order valence-electron chi connectivity index (χ3n) is 11.5. The first-order valence-corrected chi connectivity index (χ1v) is 17.2. The van der Waals surface area contributed by atoms with Crippen LogP contribution in [0.4, 0.5) is 5.82 Å². The molecular formula is C34H43Cl2N7O2. The number of likely N-dealkylation sites (tertiary alicyclic amines) is 2. The molecule has 11 heteroatoms. The van der Waals surface area contributed by atoms with Crippen LogP contribution in [0.1, 0.15) is 64.1 Å². The van der Waals surface area contributed by atoms with E-state index in [4.69, 9.17) is 33.0 Å². The number of carbonyl (C=O) groups is 1. The zero-order valence-corrected chi connectivity index (χ0v) is 28.1. The van der Waals surface area contributed by atoms with Gasteiger partial charge in [-0.2, -0.15) is 10.2 Å². The number of nitrogens with one attached hydrogen (secondary N) is 1.